The molecule has 29 heavy (non-hydrogen) atoms. The highest BCUT2D eigenvalue weighted by Crippen LogP contribution is 2.29. The second-order valence-corrected chi connectivity index (χ2v) is 7.31. The number of likely N-dealkylation sites (N-methyl/N-ethyl adjacent to an activating group) is 1. The lowest BCUT2D eigenvalue weighted by atomic mass is 9.99. The number of methoxy groups -OCH3 is 2. The Morgan fingerprint density at radius 1 is 1.10 bits per heavy atom. The van der Waals surface area contributed by atoms with Crippen LogP contribution in [0.25, 0.3) is 0 Å². The normalized spacial score (nSPS) is 19.6. The third kappa shape index (κ3) is 7.19. The molecule has 1 aromatic carbocycles. The Morgan fingerprint density at radius 2 is 1.79 bits per heavy atom. The molecule has 2 rings (SSSR count). The summed E-state index contributed by atoms with van der Waals surface area (Å²) < 4.78 is 36.4. The molecule has 0 spiro atoms. The number of halogens is 1. The third-order valence-electron chi connectivity index (χ3n) is 5.70. The van der Waals surface area contributed by atoms with Gasteiger partial charge in [-0.05, 0) is 43.8 Å². The topological polar surface area (TPSA) is 43.4 Å². The smallest absolute Gasteiger partial charge is 0.196 e. The number of hydrogen-bond acceptors (Lipinski definition) is 6. The van der Waals surface area contributed by atoms with Crippen LogP contribution < -0.4 is 4.74 Å². The minimum Gasteiger partial charge on any atom is -0.494 e. The molecule has 1 fully saturated rings. The van der Waals surface area contributed by atoms with Gasteiger partial charge in [0.2, 0.25) is 0 Å². The fraction of sp³-hybridized carbons (Fsp3) is 0.727. The summed E-state index contributed by atoms with van der Waals surface area (Å²) in [4.78, 5) is 4.71. The predicted molar refractivity (Wildman–Crippen MR) is 112 cm³/mol. The number of benzene rings is 1. The summed E-state index contributed by atoms with van der Waals surface area (Å²) in [5, 5.41) is 0. The van der Waals surface area contributed by atoms with Crippen molar-refractivity contribution in [3.05, 3.63) is 30.1 Å². The maximum Gasteiger partial charge on any atom is 0.196 e. The van der Waals surface area contributed by atoms with E-state index in [2.05, 4.69) is 23.6 Å². The molecule has 1 unspecified atom stereocenters. The van der Waals surface area contributed by atoms with Crippen LogP contribution in [-0.4, -0.2) is 88.4 Å². The van der Waals surface area contributed by atoms with Gasteiger partial charge in [0.1, 0.15) is 17.7 Å². The van der Waals surface area contributed by atoms with Crippen LogP contribution in [0.4, 0.5) is 4.39 Å². The van der Waals surface area contributed by atoms with Gasteiger partial charge in [-0.2, -0.15) is 0 Å². The SMILES string of the molecule is CCN(CC)CCOC1CN(CCCOc2ccc(F)cc2)CCC1(OC)OC. The number of likely N-dealkylation sites (tertiary alicyclic amines) is 1. The highest BCUT2D eigenvalue weighted by Gasteiger charge is 2.44. The van der Waals surface area contributed by atoms with E-state index in [1.54, 1.807) is 26.4 Å². The van der Waals surface area contributed by atoms with E-state index in [0.717, 1.165) is 52.1 Å². The van der Waals surface area contributed by atoms with Gasteiger partial charge in [0, 0.05) is 46.8 Å². The molecule has 0 aliphatic carbocycles. The van der Waals surface area contributed by atoms with E-state index in [1.165, 1.54) is 12.1 Å². The van der Waals surface area contributed by atoms with E-state index in [1.807, 2.05) is 0 Å². The van der Waals surface area contributed by atoms with Crippen LogP contribution in [0.3, 0.4) is 0 Å². The average molecular weight is 413 g/mol. The van der Waals surface area contributed by atoms with E-state index in [-0.39, 0.29) is 11.9 Å². The summed E-state index contributed by atoms with van der Waals surface area (Å²) >= 11 is 0. The van der Waals surface area contributed by atoms with Crippen molar-refractivity contribution in [2.75, 3.05) is 66.7 Å². The van der Waals surface area contributed by atoms with Crippen LogP contribution in [0.2, 0.25) is 0 Å². The summed E-state index contributed by atoms with van der Waals surface area (Å²) in [5.74, 6) is -0.248. The van der Waals surface area contributed by atoms with Crippen molar-refractivity contribution in [2.45, 2.75) is 38.6 Å². The van der Waals surface area contributed by atoms with Gasteiger partial charge in [0.15, 0.2) is 5.79 Å². The Labute approximate surface area is 174 Å². The van der Waals surface area contributed by atoms with E-state index < -0.39 is 5.79 Å². The summed E-state index contributed by atoms with van der Waals surface area (Å²) in [6.45, 7) is 11.1. The zero-order valence-electron chi connectivity index (χ0n) is 18.4. The molecule has 0 N–H and O–H groups in total. The minimum absolute atomic E-state index is 0.139. The van der Waals surface area contributed by atoms with Crippen molar-refractivity contribution in [3.8, 4) is 5.75 Å². The molecule has 1 heterocycles. The summed E-state index contributed by atoms with van der Waals surface area (Å²) in [5.41, 5.74) is 0. The number of nitrogens with zero attached hydrogens (tertiary/aromatic N) is 2. The molecule has 6 nitrogen and oxygen atoms in total. The van der Waals surface area contributed by atoms with Gasteiger partial charge in [-0.25, -0.2) is 4.39 Å². The molecule has 1 aliphatic heterocycles. The van der Waals surface area contributed by atoms with Gasteiger partial charge in [0.05, 0.1) is 13.2 Å². The fourth-order valence-electron chi connectivity index (χ4n) is 3.75. The van der Waals surface area contributed by atoms with Gasteiger partial charge in [-0.1, -0.05) is 13.8 Å². The minimum atomic E-state index is -0.690. The van der Waals surface area contributed by atoms with Crippen LogP contribution in [0.1, 0.15) is 26.7 Å². The largest absolute Gasteiger partial charge is 0.494 e. The highest BCUT2D eigenvalue weighted by molar-refractivity contribution is 5.21. The van der Waals surface area contributed by atoms with Crippen LogP contribution in [0.5, 0.6) is 5.75 Å². The Balaban J connectivity index is 1.80. The lowest BCUT2D eigenvalue weighted by Gasteiger charge is -2.45. The Morgan fingerprint density at radius 3 is 2.41 bits per heavy atom. The van der Waals surface area contributed by atoms with Crippen molar-refractivity contribution in [3.63, 3.8) is 0 Å². The molecule has 166 valence electrons. The molecule has 0 aromatic heterocycles. The fourth-order valence-corrected chi connectivity index (χ4v) is 3.75. The molecule has 0 amide bonds. The Kier molecular flexibility index (Phi) is 10.3. The maximum absolute atomic E-state index is 13.0. The third-order valence-corrected chi connectivity index (χ3v) is 5.70. The number of hydrogen-bond donors (Lipinski definition) is 0. The molecule has 1 aromatic rings. The van der Waals surface area contributed by atoms with Gasteiger partial charge in [-0.3, -0.25) is 0 Å². The molecule has 0 radical (unpaired) electrons. The molecular weight excluding hydrogens is 375 g/mol. The average Bonchev–Trinajstić information content (AvgIpc) is 2.76. The first kappa shape index (κ1) is 24.0. The van der Waals surface area contributed by atoms with Crippen LogP contribution in [0.15, 0.2) is 24.3 Å². The predicted octanol–water partition coefficient (Wildman–Crippen LogP) is 3.02. The van der Waals surface area contributed by atoms with Crippen LogP contribution in [-0.2, 0) is 14.2 Å². The lowest BCUT2D eigenvalue weighted by molar-refractivity contribution is -0.289. The molecule has 0 saturated carbocycles. The highest BCUT2D eigenvalue weighted by atomic mass is 19.1. The standard InChI is InChI=1S/C22H37FN2O4/c1-5-24(6-2)15-17-29-21-18-25(14-12-22(21,26-3)27-4)13-7-16-28-20-10-8-19(23)9-11-20/h8-11,21H,5-7,12-18H2,1-4H3. The maximum atomic E-state index is 13.0. The first-order chi connectivity index (χ1) is 14.1. The Bertz CT molecular complexity index is 564. The van der Waals surface area contributed by atoms with Crippen LogP contribution in [0, 0.1) is 5.82 Å². The molecule has 1 saturated heterocycles. The second kappa shape index (κ2) is 12.4. The van der Waals surface area contributed by atoms with Crippen molar-refractivity contribution in [2.24, 2.45) is 0 Å². The van der Waals surface area contributed by atoms with Crippen molar-refractivity contribution >= 4 is 0 Å². The summed E-state index contributed by atoms with van der Waals surface area (Å²) in [6, 6.07) is 6.13. The monoisotopic (exact) mass is 412 g/mol. The second-order valence-electron chi connectivity index (χ2n) is 7.31. The lowest BCUT2D eigenvalue weighted by Crippen LogP contribution is -2.59. The van der Waals surface area contributed by atoms with Crippen molar-refractivity contribution in [1.82, 2.24) is 9.80 Å². The van der Waals surface area contributed by atoms with E-state index in [4.69, 9.17) is 18.9 Å². The first-order valence-electron chi connectivity index (χ1n) is 10.6. The van der Waals surface area contributed by atoms with E-state index >= 15 is 0 Å². The van der Waals surface area contributed by atoms with Gasteiger partial charge < -0.3 is 28.7 Å². The molecule has 1 atom stereocenters. The zero-order valence-corrected chi connectivity index (χ0v) is 18.4. The van der Waals surface area contributed by atoms with Crippen LogP contribution >= 0.6 is 0 Å². The quantitative estimate of drug-likeness (QED) is 0.367. The molecule has 0 bridgehead atoms. The number of rotatable bonds is 13. The van der Waals surface area contributed by atoms with E-state index in [9.17, 15) is 4.39 Å². The number of piperidine rings is 1. The van der Waals surface area contributed by atoms with Gasteiger partial charge in [0.25, 0.3) is 0 Å². The number of ether oxygens (including phenoxy) is 4. The molecular formula is C22H37FN2O4. The van der Waals surface area contributed by atoms with Crippen molar-refractivity contribution in [1.29, 1.82) is 0 Å². The Hall–Kier alpha value is -1.25. The molecule has 7 heteroatoms. The first-order valence-corrected chi connectivity index (χ1v) is 10.6. The van der Waals surface area contributed by atoms with E-state index in [0.29, 0.717) is 19.0 Å². The van der Waals surface area contributed by atoms with Gasteiger partial charge >= 0.3 is 0 Å². The zero-order chi connectivity index (χ0) is 21.1. The molecule has 1 aliphatic rings. The van der Waals surface area contributed by atoms with Gasteiger partial charge in [-0.15, -0.1) is 0 Å². The van der Waals surface area contributed by atoms with Crippen molar-refractivity contribution < 1.29 is 23.3 Å². The summed E-state index contributed by atoms with van der Waals surface area (Å²) in [6.07, 6.45) is 1.51. The summed E-state index contributed by atoms with van der Waals surface area (Å²) in [7, 11) is 3.38.